The summed E-state index contributed by atoms with van der Waals surface area (Å²) in [5.74, 6) is -0.275. The molecule has 28 heavy (non-hydrogen) atoms. The zero-order chi connectivity index (χ0) is 19.5. The Labute approximate surface area is 163 Å². The van der Waals surface area contributed by atoms with Gasteiger partial charge in [0.05, 0.1) is 5.56 Å². The number of nitrogens with one attached hydrogen (secondary N) is 1. The maximum atomic E-state index is 13.0. The molecule has 1 aliphatic rings. The molecule has 0 unspecified atom stereocenters. The summed E-state index contributed by atoms with van der Waals surface area (Å²) in [6, 6.07) is 20.2. The van der Waals surface area contributed by atoms with Crippen LogP contribution in [-0.4, -0.2) is 41.0 Å². The number of phenols is 1. The minimum absolute atomic E-state index is 0.0105. The van der Waals surface area contributed by atoms with E-state index in [1.165, 1.54) is 6.07 Å². The van der Waals surface area contributed by atoms with Crippen molar-refractivity contribution < 1.29 is 14.7 Å². The van der Waals surface area contributed by atoms with Crippen LogP contribution in [0.25, 0.3) is 10.8 Å². The van der Waals surface area contributed by atoms with Crippen LogP contribution >= 0.6 is 0 Å². The number of hydrogen-bond donors (Lipinski definition) is 2. The Hall–Kier alpha value is -3.34. The maximum absolute atomic E-state index is 13.0. The predicted molar refractivity (Wildman–Crippen MR) is 108 cm³/mol. The fourth-order valence-electron chi connectivity index (χ4n) is 3.74. The summed E-state index contributed by atoms with van der Waals surface area (Å²) in [5, 5.41) is 14.8. The van der Waals surface area contributed by atoms with Crippen LogP contribution in [0.3, 0.4) is 0 Å². The summed E-state index contributed by atoms with van der Waals surface area (Å²) in [4.78, 5) is 27.2. The van der Waals surface area contributed by atoms with Gasteiger partial charge in [-0.1, -0.05) is 48.5 Å². The fraction of sp³-hybridized carbons (Fsp3) is 0.217. The monoisotopic (exact) mass is 374 g/mol. The van der Waals surface area contributed by atoms with Gasteiger partial charge < -0.3 is 15.3 Å². The number of fused-ring (bicyclic) bond motifs is 1. The van der Waals surface area contributed by atoms with E-state index in [0.29, 0.717) is 25.9 Å². The second-order valence-corrected chi connectivity index (χ2v) is 7.08. The number of nitrogens with zero attached hydrogens (tertiary/aromatic N) is 1. The minimum Gasteiger partial charge on any atom is -0.507 e. The third-order valence-corrected chi connectivity index (χ3v) is 5.29. The Morgan fingerprint density at radius 1 is 0.857 bits per heavy atom. The second-order valence-electron chi connectivity index (χ2n) is 7.08. The molecule has 5 heteroatoms. The normalized spacial score (nSPS) is 14.8. The van der Waals surface area contributed by atoms with Gasteiger partial charge in [-0.25, -0.2) is 0 Å². The molecule has 0 bridgehead atoms. The van der Waals surface area contributed by atoms with Crippen LogP contribution < -0.4 is 5.32 Å². The van der Waals surface area contributed by atoms with Crippen LogP contribution in [0, 0.1) is 0 Å². The van der Waals surface area contributed by atoms with Crippen LogP contribution in [0.15, 0.2) is 66.7 Å². The van der Waals surface area contributed by atoms with Gasteiger partial charge in [-0.15, -0.1) is 0 Å². The van der Waals surface area contributed by atoms with Crippen molar-refractivity contribution in [3.05, 3.63) is 77.9 Å². The van der Waals surface area contributed by atoms with E-state index in [9.17, 15) is 14.7 Å². The molecule has 1 aliphatic heterocycles. The minimum atomic E-state index is -0.281. The zero-order valence-electron chi connectivity index (χ0n) is 15.5. The molecule has 1 saturated heterocycles. The number of piperidine rings is 1. The van der Waals surface area contributed by atoms with Gasteiger partial charge in [-0.2, -0.15) is 0 Å². The molecule has 3 aromatic carbocycles. The molecule has 0 spiro atoms. The molecule has 4 rings (SSSR count). The van der Waals surface area contributed by atoms with Crippen molar-refractivity contribution >= 4 is 22.6 Å². The van der Waals surface area contributed by atoms with Gasteiger partial charge in [0.15, 0.2) is 0 Å². The molecular weight excluding hydrogens is 352 g/mol. The van der Waals surface area contributed by atoms with Crippen LogP contribution in [0.1, 0.15) is 33.6 Å². The van der Waals surface area contributed by atoms with E-state index in [1.807, 2.05) is 47.4 Å². The summed E-state index contributed by atoms with van der Waals surface area (Å²) in [7, 11) is 0. The fourth-order valence-corrected chi connectivity index (χ4v) is 3.74. The number of likely N-dealkylation sites (tertiary alicyclic amines) is 1. The number of rotatable bonds is 3. The summed E-state index contributed by atoms with van der Waals surface area (Å²) in [6.45, 7) is 1.18. The Balaban J connectivity index is 1.41. The van der Waals surface area contributed by atoms with Crippen LogP contribution in [0.5, 0.6) is 5.75 Å². The molecule has 1 heterocycles. The Morgan fingerprint density at radius 2 is 1.50 bits per heavy atom. The van der Waals surface area contributed by atoms with Crippen LogP contribution in [0.2, 0.25) is 0 Å². The van der Waals surface area contributed by atoms with E-state index in [0.717, 1.165) is 16.3 Å². The van der Waals surface area contributed by atoms with Crippen LogP contribution in [-0.2, 0) is 0 Å². The Kier molecular flexibility index (Phi) is 4.98. The summed E-state index contributed by atoms with van der Waals surface area (Å²) < 4.78 is 0. The highest BCUT2D eigenvalue weighted by Gasteiger charge is 2.26. The lowest BCUT2D eigenvalue weighted by molar-refractivity contribution is 0.0700. The lowest BCUT2D eigenvalue weighted by Crippen LogP contribution is -2.46. The lowest BCUT2D eigenvalue weighted by atomic mass is 10.0. The predicted octanol–water partition coefficient (Wildman–Crippen LogP) is 3.58. The van der Waals surface area contributed by atoms with Crippen molar-refractivity contribution in [2.45, 2.75) is 18.9 Å². The van der Waals surface area contributed by atoms with Crippen molar-refractivity contribution in [2.75, 3.05) is 13.1 Å². The third kappa shape index (κ3) is 3.56. The third-order valence-electron chi connectivity index (χ3n) is 5.29. The van der Waals surface area contributed by atoms with Gasteiger partial charge in [-0.3, -0.25) is 9.59 Å². The standard InChI is InChI=1S/C23H22N2O3/c26-21-11-4-3-9-20(21)22(27)24-17-12-14-25(15-13-17)23(28)19-10-5-7-16-6-1-2-8-18(16)19/h1-11,17,26H,12-15H2,(H,24,27). The number of para-hydroxylation sites is 1. The first-order valence-corrected chi connectivity index (χ1v) is 9.49. The van der Waals surface area contributed by atoms with Crippen molar-refractivity contribution in [3.63, 3.8) is 0 Å². The molecule has 2 N–H and O–H groups in total. The first-order valence-electron chi connectivity index (χ1n) is 9.49. The molecule has 0 aliphatic carbocycles. The molecule has 2 amide bonds. The van der Waals surface area contributed by atoms with Crippen molar-refractivity contribution in [1.82, 2.24) is 10.2 Å². The number of aromatic hydroxyl groups is 1. The van der Waals surface area contributed by atoms with E-state index in [4.69, 9.17) is 0 Å². The topological polar surface area (TPSA) is 69.6 Å². The quantitative estimate of drug-likeness (QED) is 0.736. The summed E-state index contributed by atoms with van der Waals surface area (Å²) in [5.41, 5.74) is 0.992. The second kappa shape index (κ2) is 7.72. The SMILES string of the molecule is O=C(NC1CCN(C(=O)c2cccc3ccccc23)CC1)c1ccccc1O. The number of amides is 2. The van der Waals surface area contributed by atoms with Gasteiger partial charge in [0, 0.05) is 24.7 Å². The molecule has 1 fully saturated rings. The largest absolute Gasteiger partial charge is 0.507 e. The molecule has 142 valence electrons. The molecule has 0 saturated carbocycles. The van der Waals surface area contributed by atoms with E-state index in [2.05, 4.69) is 5.32 Å². The van der Waals surface area contributed by atoms with E-state index in [1.54, 1.807) is 18.2 Å². The molecule has 3 aromatic rings. The van der Waals surface area contributed by atoms with Gasteiger partial charge >= 0.3 is 0 Å². The molecule has 0 radical (unpaired) electrons. The van der Waals surface area contributed by atoms with Gasteiger partial charge in [0.2, 0.25) is 0 Å². The van der Waals surface area contributed by atoms with Crippen molar-refractivity contribution in [1.29, 1.82) is 0 Å². The Bertz CT molecular complexity index is 1020. The number of carbonyl (C=O) groups is 2. The highest BCUT2D eigenvalue weighted by Crippen LogP contribution is 2.22. The average molecular weight is 374 g/mol. The van der Waals surface area contributed by atoms with Gasteiger partial charge in [0.25, 0.3) is 11.8 Å². The Morgan fingerprint density at radius 3 is 2.29 bits per heavy atom. The summed E-state index contributed by atoms with van der Waals surface area (Å²) in [6.07, 6.45) is 1.38. The molecule has 0 aromatic heterocycles. The van der Waals surface area contributed by atoms with E-state index in [-0.39, 0.29) is 29.2 Å². The number of hydrogen-bond acceptors (Lipinski definition) is 3. The number of benzene rings is 3. The highest BCUT2D eigenvalue weighted by atomic mass is 16.3. The zero-order valence-corrected chi connectivity index (χ0v) is 15.5. The van der Waals surface area contributed by atoms with Gasteiger partial charge in [0.1, 0.15) is 5.75 Å². The highest BCUT2D eigenvalue weighted by molar-refractivity contribution is 6.07. The van der Waals surface area contributed by atoms with Crippen molar-refractivity contribution in [3.8, 4) is 5.75 Å². The van der Waals surface area contributed by atoms with Crippen molar-refractivity contribution in [2.24, 2.45) is 0 Å². The first-order chi connectivity index (χ1) is 13.6. The molecule has 5 nitrogen and oxygen atoms in total. The van der Waals surface area contributed by atoms with E-state index < -0.39 is 0 Å². The van der Waals surface area contributed by atoms with Gasteiger partial charge in [-0.05, 0) is 41.8 Å². The summed E-state index contributed by atoms with van der Waals surface area (Å²) >= 11 is 0. The molecular formula is C23H22N2O3. The number of phenolic OH excluding ortho intramolecular Hbond substituents is 1. The number of carbonyl (C=O) groups excluding carboxylic acids is 2. The molecule has 0 atom stereocenters. The average Bonchev–Trinajstić information content (AvgIpc) is 2.73. The lowest BCUT2D eigenvalue weighted by Gasteiger charge is -2.32. The van der Waals surface area contributed by atoms with Crippen LogP contribution in [0.4, 0.5) is 0 Å². The first kappa shape index (κ1) is 18.0. The van der Waals surface area contributed by atoms with E-state index >= 15 is 0 Å². The maximum Gasteiger partial charge on any atom is 0.255 e. The smallest absolute Gasteiger partial charge is 0.255 e.